The van der Waals surface area contributed by atoms with Crippen molar-refractivity contribution in [2.45, 2.75) is 60.2 Å². The molecule has 4 rings (SSSR count). The maximum Gasteiger partial charge on any atom is 0.338 e. The predicted molar refractivity (Wildman–Crippen MR) is 163 cm³/mol. The zero-order valence-electron chi connectivity index (χ0n) is 27.1. The minimum Gasteiger partial charge on any atom is -0.481 e. The fourth-order valence-electron chi connectivity index (χ4n) is 4.78. The van der Waals surface area contributed by atoms with Gasteiger partial charge in [0, 0.05) is 71.2 Å². The van der Waals surface area contributed by atoms with E-state index in [1.165, 1.54) is 62.4 Å². The van der Waals surface area contributed by atoms with Crippen LogP contribution in [0.2, 0.25) is 0 Å². The molecule has 2 atom stereocenters. The van der Waals surface area contributed by atoms with Crippen LogP contribution in [-0.4, -0.2) is 47.9 Å². The van der Waals surface area contributed by atoms with Crippen molar-refractivity contribution in [1.82, 2.24) is 0 Å². The Hall–Kier alpha value is -6.25. The van der Waals surface area contributed by atoms with E-state index in [-0.39, 0.29) is 63.4 Å². The number of hydrogen-bond acceptors (Lipinski definition) is 15. The first-order valence-electron chi connectivity index (χ1n) is 14.5. The number of benzene rings is 3. The number of rotatable bonds is 9. The summed E-state index contributed by atoms with van der Waals surface area (Å²) in [6.07, 6.45) is -2.61. The van der Waals surface area contributed by atoms with Crippen LogP contribution in [-0.2, 0) is 39.9 Å². The normalized spacial score (nSPS) is 14.6. The smallest absolute Gasteiger partial charge is 0.338 e. The van der Waals surface area contributed by atoms with Gasteiger partial charge >= 0.3 is 41.8 Å². The molecule has 256 valence electrons. The molecular formula is C34H30O15. The van der Waals surface area contributed by atoms with Crippen molar-refractivity contribution in [1.29, 1.82) is 0 Å². The lowest BCUT2D eigenvalue weighted by atomic mass is 9.93. The van der Waals surface area contributed by atoms with Crippen LogP contribution in [0.15, 0.2) is 48.5 Å². The molecule has 15 heteroatoms. The van der Waals surface area contributed by atoms with E-state index >= 15 is 0 Å². The Morgan fingerprint density at radius 2 is 1.06 bits per heavy atom. The second kappa shape index (κ2) is 15.1. The van der Waals surface area contributed by atoms with Crippen molar-refractivity contribution in [2.24, 2.45) is 0 Å². The molecule has 1 heterocycles. The lowest BCUT2D eigenvalue weighted by Gasteiger charge is -2.34. The summed E-state index contributed by atoms with van der Waals surface area (Å²) < 4.78 is 43.6. The fraction of sp³-hybridized carbons (Fsp3) is 0.265. The summed E-state index contributed by atoms with van der Waals surface area (Å²) in [4.78, 5) is 84.6. The van der Waals surface area contributed by atoms with E-state index < -0.39 is 54.0 Å². The van der Waals surface area contributed by atoms with Crippen LogP contribution in [0.5, 0.6) is 40.2 Å². The number of esters is 7. The molecule has 0 radical (unpaired) electrons. The van der Waals surface area contributed by atoms with Gasteiger partial charge in [0.05, 0.1) is 5.56 Å². The van der Waals surface area contributed by atoms with E-state index in [0.717, 1.165) is 27.7 Å². The van der Waals surface area contributed by atoms with Crippen LogP contribution in [0.3, 0.4) is 0 Å². The lowest BCUT2D eigenvalue weighted by Crippen LogP contribution is -2.35. The summed E-state index contributed by atoms with van der Waals surface area (Å²) >= 11 is 0. The van der Waals surface area contributed by atoms with E-state index in [2.05, 4.69) is 0 Å². The third-order valence-electron chi connectivity index (χ3n) is 6.39. The highest BCUT2D eigenvalue weighted by molar-refractivity contribution is 5.90. The van der Waals surface area contributed by atoms with Crippen LogP contribution < -0.4 is 33.2 Å². The topological polar surface area (TPSA) is 193 Å². The molecule has 0 aromatic heterocycles. The predicted octanol–water partition coefficient (Wildman–Crippen LogP) is 4.14. The molecule has 1 aliphatic heterocycles. The fourth-order valence-corrected chi connectivity index (χ4v) is 4.78. The van der Waals surface area contributed by atoms with Crippen molar-refractivity contribution < 1.29 is 71.5 Å². The molecule has 0 bridgehead atoms. The second-order valence-corrected chi connectivity index (χ2v) is 10.5. The number of ether oxygens (including phenoxy) is 8. The minimum absolute atomic E-state index is 0.0315. The third kappa shape index (κ3) is 9.41. The molecule has 0 spiro atoms. The number of fused-ring (bicyclic) bond motifs is 1. The molecule has 15 nitrogen and oxygen atoms in total. The van der Waals surface area contributed by atoms with Crippen LogP contribution >= 0.6 is 0 Å². The molecule has 0 saturated heterocycles. The van der Waals surface area contributed by atoms with Gasteiger partial charge in [-0.05, 0) is 36.4 Å². The summed E-state index contributed by atoms with van der Waals surface area (Å²) in [6, 6.07) is 10.7. The van der Waals surface area contributed by atoms with Crippen LogP contribution in [0.25, 0.3) is 0 Å². The molecular weight excluding hydrogens is 648 g/mol. The summed E-state index contributed by atoms with van der Waals surface area (Å²) in [5.74, 6) is -6.08. The molecule has 1 aliphatic rings. The largest absolute Gasteiger partial charge is 0.481 e. The minimum atomic E-state index is -1.26. The zero-order valence-corrected chi connectivity index (χ0v) is 27.1. The first kappa shape index (κ1) is 35.6. The Labute approximate surface area is 278 Å². The third-order valence-corrected chi connectivity index (χ3v) is 6.39. The Balaban J connectivity index is 1.88. The van der Waals surface area contributed by atoms with Crippen LogP contribution in [0.1, 0.15) is 69.1 Å². The van der Waals surface area contributed by atoms with Gasteiger partial charge in [-0.15, -0.1) is 0 Å². The standard InChI is InChI=1S/C34H30O15/c1-16(35)42-24-9-7-22(8-10-24)34(41)49-31-15-26-27(44-18(3)37)13-25(43-17(2)36)14-28(26)48-32(31)23-11-29(45-19(4)38)33(47-21(6)40)30(12-23)46-20(5)39/h7-14,31-32H,15H2,1-6H3/t31-,32-/m0/s1. The lowest BCUT2D eigenvalue weighted by molar-refractivity contribution is -0.135. The summed E-state index contributed by atoms with van der Waals surface area (Å²) in [6.45, 7) is 6.81. The number of carbonyl (C=O) groups excluding carboxylic acids is 7. The van der Waals surface area contributed by atoms with Gasteiger partial charge in [-0.25, -0.2) is 4.79 Å². The first-order chi connectivity index (χ1) is 23.1. The molecule has 0 N–H and O–H groups in total. The van der Waals surface area contributed by atoms with Gasteiger partial charge in [0.2, 0.25) is 5.75 Å². The van der Waals surface area contributed by atoms with Gasteiger partial charge in [-0.2, -0.15) is 0 Å². The Bertz CT molecular complexity index is 1800. The molecule has 0 fully saturated rings. The van der Waals surface area contributed by atoms with Gasteiger partial charge in [0.1, 0.15) is 29.1 Å². The van der Waals surface area contributed by atoms with Crippen LogP contribution in [0, 0.1) is 0 Å². The van der Waals surface area contributed by atoms with Crippen molar-refractivity contribution in [2.75, 3.05) is 0 Å². The van der Waals surface area contributed by atoms with Gasteiger partial charge < -0.3 is 37.9 Å². The maximum absolute atomic E-state index is 13.4. The molecule has 3 aromatic rings. The average Bonchev–Trinajstić information content (AvgIpc) is 2.97. The highest BCUT2D eigenvalue weighted by atomic mass is 16.6. The summed E-state index contributed by atoms with van der Waals surface area (Å²) in [7, 11) is 0. The van der Waals surface area contributed by atoms with Gasteiger partial charge in [0.15, 0.2) is 17.6 Å². The Morgan fingerprint density at radius 3 is 1.57 bits per heavy atom. The second-order valence-electron chi connectivity index (χ2n) is 10.5. The molecule has 0 unspecified atom stereocenters. The summed E-state index contributed by atoms with van der Waals surface area (Å²) in [5, 5.41) is 0. The van der Waals surface area contributed by atoms with Crippen molar-refractivity contribution in [3.8, 4) is 40.2 Å². The Morgan fingerprint density at radius 1 is 0.571 bits per heavy atom. The molecule has 0 saturated carbocycles. The highest BCUT2D eigenvalue weighted by Crippen LogP contribution is 2.47. The average molecular weight is 679 g/mol. The highest BCUT2D eigenvalue weighted by Gasteiger charge is 2.38. The van der Waals surface area contributed by atoms with E-state index in [9.17, 15) is 33.6 Å². The van der Waals surface area contributed by atoms with Gasteiger partial charge in [-0.3, -0.25) is 28.8 Å². The molecule has 0 amide bonds. The quantitative estimate of drug-likeness (QED) is 0.231. The van der Waals surface area contributed by atoms with E-state index in [1.807, 2.05) is 0 Å². The maximum atomic E-state index is 13.4. The van der Waals surface area contributed by atoms with Crippen LogP contribution in [0.4, 0.5) is 0 Å². The number of carbonyl (C=O) groups is 7. The first-order valence-corrected chi connectivity index (χ1v) is 14.5. The molecule has 0 aliphatic carbocycles. The van der Waals surface area contributed by atoms with E-state index in [1.54, 1.807) is 0 Å². The Kier molecular flexibility index (Phi) is 11.0. The molecule has 49 heavy (non-hydrogen) atoms. The number of hydrogen-bond donors (Lipinski definition) is 0. The van der Waals surface area contributed by atoms with Crippen molar-refractivity contribution in [3.05, 3.63) is 65.2 Å². The summed E-state index contributed by atoms with van der Waals surface area (Å²) in [5.41, 5.74) is 0.448. The monoisotopic (exact) mass is 678 g/mol. The van der Waals surface area contributed by atoms with E-state index in [0.29, 0.717) is 0 Å². The van der Waals surface area contributed by atoms with E-state index in [4.69, 9.17) is 37.9 Å². The molecule has 3 aromatic carbocycles. The van der Waals surface area contributed by atoms with Crippen molar-refractivity contribution >= 4 is 41.8 Å². The zero-order chi connectivity index (χ0) is 36.0. The van der Waals surface area contributed by atoms with Gasteiger partial charge in [0.25, 0.3) is 0 Å². The SMILES string of the molecule is CC(=O)Oc1ccc(C(=O)O[C@H]2Cc3c(OC(C)=O)cc(OC(C)=O)cc3O[C@H]2c2cc(OC(C)=O)c(OC(C)=O)c(OC(C)=O)c2)cc1. The van der Waals surface area contributed by atoms with Crippen molar-refractivity contribution in [3.63, 3.8) is 0 Å². The van der Waals surface area contributed by atoms with Gasteiger partial charge in [-0.1, -0.05) is 0 Å².